The van der Waals surface area contributed by atoms with E-state index in [0.29, 0.717) is 19.6 Å². The van der Waals surface area contributed by atoms with Crippen LogP contribution in [0.1, 0.15) is 56.1 Å². The Morgan fingerprint density at radius 3 is 2.64 bits per heavy atom. The van der Waals surface area contributed by atoms with Crippen LogP contribution < -0.4 is 14.8 Å². The molecule has 0 unspecified atom stereocenters. The molecule has 1 saturated heterocycles. The van der Waals surface area contributed by atoms with Gasteiger partial charge in [-0.3, -0.25) is 9.59 Å². The lowest BCUT2D eigenvalue weighted by molar-refractivity contribution is -0.177. The third-order valence-electron chi connectivity index (χ3n) is 6.44. The fraction of sp³-hybridized carbons (Fsp3) is 0.533. The standard InChI is InChI=1S/C30H40N2O10/c1-5-6-15-38-25-13-16-37-18-23(30(35)42-20(2)27(25)39-17-22-10-8-7-9-11-22)32-29(34)26-28(41-19-40-21(3)33)24(36-4)12-14-31-26/h7-12,14,20,23,25,27H,5-6,13,15-19H2,1-4H3,(H,32,34)/t20-,23-,25-,27-/m0/s1. The molecule has 3 rings (SSSR count). The largest absolute Gasteiger partial charge is 0.493 e. The average Bonchev–Trinajstić information content (AvgIpc) is 2.98. The number of hydrogen-bond acceptors (Lipinski definition) is 11. The second-order valence-electron chi connectivity index (χ2n) is 9.64. The van der Waals surface area contributed by atoms with Gasteiger partial charge in [-0.15, -0.1) is 0 Å². The van der Waals surface area contributed by atoms with Gasteiger partial charge in [0.05, 0.1) is 26.4 Å². The zero-order valence-electron chi connectivity index (χ0n) is 24.5. The van der Waals surface area contributed by atoms with E-state index in [1.54, 1.807) is 6.92 Å². The van der Waals surface area contributed by atoms with Crippen LogP contribution in [0, 0.1) is 0 Å². The first kappa shape index (κ1) is 32.8. The molecule has 2 heterocycles. The van der Waals surface area contributed by atoms with Crippen LogP contribution >= 0.6 is 0 Å². The Hall–Kier alpha value is -3.74. The number of benzene rings is 1. The van der Waals surface area contributed by atoms with Gasteiger partial charge < -0.3 is 38.5 Å². The third-order valence-corrected chi connectivity index (χ3v) is 6.44. The van der Waals surface area contributed by atoms with E-state index in [1.165, 1.54) is 26.3 Å². The molecule has 1 aromatic heterocycles. The van der Waals surface area contributed by atoms with Gasteiger partial charge in [-0.2, -0.15) is 0 Å². The summed E-state index contributed by atoms with van der Waals surface area (Å²) in [7, 11) is 1.39. The Kier molecular flexibility index (Phi) is 13.5. The molecular formula is C30H40N2O10. The van der Waals surface area contributed by atoms with Crippen LogP contribution in [0.15, 0.2) is 42.6 Å². The molecule has 12 heteroatoms. The fourth-order valence-electron chi connectivity index (χ4n) is 4.23. The highest BCUT2D eigenvalue weighted by atomic mass is 16.7. The number of esters is 2. The lowest BCUT2D eigenvalue weighted by atomic mass is 10.0. The molecule has 42 heavy (non-hydrogen) atoms. The van der Waals surface area contributed by atoms with E-state index in [2.05, 4.69) is 17.2 Å². The first-order chi connectivity index (χ1) is 20.3. The molecular weight excluding hydrogens is 548 g/mol. The Labute approximate surface area is 245 Å². The number of amides is 1. The van der Waals surface area contributed by atoms with Crippen LogP contribution in [0.4, 0.5) is 0 Å². The SMILES string of the molecule is CCCCO[C@H]1CCOC[C@H](NC(=O)c2nccc(OC)c2OCOC(C)=O)C(=O)O[C@@H](C)[C@@H]1OCc1ccccc1. The van der Waals surface area contributed by atoms with Crippen molar-refractivity contribution < 1.29 is 47.5 Å². The van der Waals surface area contributed by atoms with Gasteiger partial charge in [0, 0.05) is 32.4 Å². The molecule has 1 aliphatic rings. The van der Waals surface area contributed by atoms with E-state index in [9.17, 15) is 14.4 Å². The fourth-order valence-corrected chi connectivity index (χ4v) is 4.23. The van der Waals surface area contributed by atoms with Crippen molar-refractivity contribution in [3.05, 3.63) is 53.9 Å². The van der Waals surface area contributed by atoms with Crippen LogP contribution in [0.5, 0.6) is 11.5 Å². The Morgan fingerprint density at radius 2 is 1.93 bits per heavy atom. The Bertz CT molecular complexity index is 1150. The maximum absolute atomic E-state index is 13.3. The van der Waals surface area contributed by atoms with Crippen molar-refractivity contribution in [2.24, 2.45) is 0 Å². The molecule has 1 fully saturated rings. The van der Waals surface area contributed by atoms with Crippen LogP contribution in [0.2, 0.25) is 0 Å². The topological polar surface area (TPSA) is 141 Å². The third kappa shape index (κ3) is 9.97. The van der Waals surface area contributed by atoms with Gasteiger partial charge in [-0.05, 0) is 25.3 Å². The molecule has 1 aliphatic heterocycles. The number of cyclic esters (lactones) is 1. The van der Waals surface area contributed by atoms with Crippen molar-refractivity contribution in [1.82, 2.24) is 10.3 Å². The van der Waals surface area contributed by atoms with Crippen molar-refractivity contribution >= 4 is 17.8 Å². The van der Waals surface area contributed by atoms with Gasteiger partial charge in [0.25, 0.3) is 5.91 Å². The van der Waals surface area contributed by atoms with E-state index in [1.807, 2.05) is 30.3 Å². The number of unbranched alkanes of at least 4 members (excludes halogenated alkanes) is 1. The predicted molar refractivity (Wildman–Crippen MR) is 150 cm³/mol. The summed E-state index contributed by atoms with van der Waals surface area (Å²) in [4.78, 5) is 41.8. The maximum Gasteiger partial charge on any atom is 0.331 e. The van der Waals surface area contributed by atoms with Crippen LogP contribution in [0.3, 0.4) is 0 Å². The van der Waals surface area contributed by atoms with Gasteiger partial charge in [0.1, 0.15) is 12.2 Å². The van der Waals surface area contributed by atoms with Crippen LogP contribution in [-0.4, -0.2) is 80.9 Å². The molecule has 230 valence electrons. The number of ether oxygens (including phenoxy) is 7. The van der Waals surface area contributed by atoms with Crippen LogP contribution in [-0.2, 0) is 39.9 Å². The highest BCUT2D eigenvalue weighted by molar-refractivity contribution is 5.98. The minimum Gasteiger partial charge on any atom is -0.493 e. The molecule has 0 bridgehead atoms. The minimum absolute atomic E-state index is 0.0530. The second kappa shape index (κ2) is 17.3. The average molecular weight is 589 g/mol. The molecule has 1 amide bonds. The molecule has 1 N–H and O–H groups in total. The monoisotopic (exact) mass is 588 g/mol. The zero-order chi connectivity index (χ0) is 30.3. The highest BCUT2D eigenvalue weighted by Crippen LogP contribution is 2.29. The molecule has 0 radical (unpaired) electrons. The summed E-state index contributed by atoms with van der Waals surface area (Å²) in [6.45, 7) is 5.56. The summed E-state index contributed by atoms with van der Waals surface area (Å²) in [5, 5.41) is 2.62. The summed E-state index contributed by atoms with van der Waals surface area (Å²) in [6.07, 6.45) is 2.07. The van der Waals surface area contributed by atoms with Crippen molar-refractivity contribution in [1.29, 1.82) is 0 Å². The Morgan fingerprint density at radius 1 is 1.14 bits per heavy atom. The molecule has 0 spiro atoms. The normalized spacial score (nSPS) is 21.1. The maximum atomic E-state index is 13.3. The molecule has 4 atom stereocenters. The van der Waals surface area contributed by atoms with Crippen LogP contribution in [0.25, 0.3) is 0 Å². The number of methoxy groups -OCH3 is 1. The molecule has 0 saturated carbocycles. The summed E-state index contributed by atoms with van der Waals surface area (Å²) in [5.41, 5.74) is 0.798. The number of hydrogen-bond donors (Lipinski definition) is 1. The van der Waals surface area contributed by atoms with Gasteiger partial charge in [-0.25, -0.2) is 9.78 Å². The lowest BCUT2D eigenvalue weighted by Crippen LogP contribution is -2.50. The van der Waals surface area contributed by atoms with Crippen molar-refractivity contribution in [2.75, 3.05) is 33.7 Å². The number of nitrogens with zero attached hydrogens (tertiary/aromatic N) is 1. The van der Waals surface area contributed by atoms with Gasteiger partial charge in [0.2, 0.25) is 6.79 Å². The quantitative estimate of drug-likeness (QED) is 0.209. The van der Waals surface area contributed by atoms with Gasteiger partial charge in [-0.1, -0.05) is 43.7 Å². The van der Waals surface area contributed by atoms with E-state index >= 15 is 0 Å². The van der Waals surface area contributed by atoms with E-state index < -0.39 is 42.9 Å². The van der Waals surface area contributed by atoms with Gasteiger partial charge >= 0.3 is 11.9 Å². The summed E-state index contributed by atoms with van der Waals surface area (Å²) in [6, 6.07) is 10.0. The highest BCUT2D eigenvalue weighted by Gasteiger charge is 2.35. The zero-order valence-corrected chi connectivity index (χ0v) is 24.5. The summed E-state index contributed by atoms with van der Waals surface area (Å²) in [5.74, 6) is -1.87. The van der Waals surface area contributed by atoms with Crippen molar-refractivity contribution in [2.45, 2.75) is 71.0 Å². The summed E-state index contributed by atoms with van der Waals surface area (Å²) < 4.78 is 39.6. The number of rotatable bonds is 13. The first-order valence-corrected chi connectivity index (χ1v) is 14.0. The minimum atomic E-state index is -1.15. The smallest absolute Gasteiger partial charge is 0.331 e. The molecule has 1 aromatic carbocycles. The lowest BCUT2D eigenvalue weighted by Gasteiger charge is -2.33. The number of carbonyl (C=O) groups excluding carboxylic acids is 3. The first-order valence-electron chi connectivity index (χ1n) is 14.0. The van der Waals surface area contributed by atoms with E-state index in [4.69, 9.17) is 33.2 Å². The summed E-state index contributed by atoms with van der Waals surface area (Å²) >= 11 is 0. The second-order valence-corrected chi connectivity index (χ2v) is 9.64. The van der Waals surface area contributed by atoms with E-state index in [0.717, 1.165) is 18.4 Å². The predicted octanol–water partition coefficient (Wildman–Crippen LogP) is 3.21. The Balaban J connectivity index is 1.75. The number of pyridine rings is 1. The molecule has 0 aliphatic carbocycles. The number of nitrogens with one attached hydrogen (secondary N) is 1. The number of aromatic nitrogens is 1. The molecule has 12 nitrogen and oxygen atoms in total. The molecule has 2 aromatic rings. The van der Waals surface area contributed by atoms with E-state index in [-0.39, 0.29) is 36.5 Å². The van der Waals surface area contributed by atoms with Crippen molar-refractivity contribution in [3.63, 3.8) is 0 Å². The number of carbonyl (C=O) groups is 3. The van der Waals surface area contributed by atoms with Gasteiger partial charge in [0.15, 0.2) is 23.2 Å². The van der Waals surface area contributed by atoms with Crippen molar-refractivity contribution in [3.8, 4) is 11.5 Å².